The summed E-state index contributed by atoms with van der Waals surface area (Å²) in [4.78, 5) is 23.3. The second-order valence-electron chi connectivity index (χ2n) is 5.58. The topological polar surface area (TPSA) is 46.1 Å². The van der Waals surface area contributed by atoms with E-state index in [1.165, 1.54) is 12.7 Å². The van der Waals surface area contributed by atoms with Crippen molar-refractivity contribution in [2.24, 2.45) is 0 Å². The number of carbonyl (C=O) groups excluding carboxylic acids is 1. The molecule has 0 radical (unpaired) electrons. The van der Waals surface area contributed by atoms with Crippen LogP contribution in [0.3, 0.4) is 0 Å². The fourth-order valence-corrected chi connectivity index (χ4v) is 3.12. The third-order valence-electron chi connectivity index (χ3n) is 4.17. The van der Waals surface area contributed by atoms with Gasteiger partial charge in [-0.15, -0.1) is 0 Å². The summed E-state index contributed by atoms with van der Waals surface area (Å²) < 4.78 is 0. The van der Waals surface area contributed by atoms with E-state index in [0.717, 1.165) is 23.7 Å². The van der Waals surface area contributed by atoms with Crippen LogP contribution in [0.2, 0.25) is 0 Å². The van der Waals surface area contributed by atoms with Crippen molar-refractivity contribution in [3.63, 3.8) is 0 Å². The van der Waals surface area contributed by atoms with Gasteiger partial charge in [0.25, 0.3) is 5.91 Å². The molecule has 1 aliphatic heterocycles. The number of para-hydroxylation sites is 1. The van der Waals surface area contributed by atoms with Crippen LogP contribution in [-0.4, -0.2) is 32.9 Å². The fraction of sp³-hybridized carbons (Fsp3) is 0.438. The molecule has 4 heteroatoms. The molecule has 104 valence electrons. The van der Waals surface area contributed by atoms with Gasteiger partial charge in [0.05, 0.1) is 5.52 Å². The Hall–Kier alpha value is -1.97. The van der Waals surface area contributed by atoms with Gasteiger partial charge in [0, 0.05) is 17.5 Å². The zero-order chi connectivity index (χ0) is 14.1. The Kier molecular flexibility index (Phi) is 3.38. The van der Waals surface area contributed by atoms with Crippen LogP contribution < -0.4 is 0 Å². The molecule has 20 heavy (non-hydrogen) atoms. The minimum atomic E-state index is 0.0308. The highest BCUT2D eigenvalue weighted by Crippen LogP contribution is 2.25. The molecule has 0 spiro atoms. The molecule has 0 aliphatic carbocycles. The Morgan fingerprint density at radius 1 is 1.15 bits per heavy atom. The number of hydrogen-bond donors (Lipinski definition) is 0. The summed E-state index contributed by atoms with van der Waals surface area (Å²) in [7, 11) is 0. The van der Waals surface area contributed by atoms with Crippen LogP contribution in [0, 0.1) is 0 Å². The standard InChI is InChI=1S/C16H19N3O/c1-11-6-5-7-12(2)19(11)16(20)15-13-8-3-4-9-14(13)17-10-18-15/h3-4,8-12H,5-7H2,1-2H3. The number of benzene rings is 1. The van der Waals surface area contributed by atoms with E-state index < -0.39 is 0 Å². The molecule has 2 aromatic rings. The van der Waals surface area contributed by atoms with Crippen LogP contribution in [0.4, 0.5) is 0 Å². The van der Waals surface area contributed by atoms with Crippen molar-refractivity contribution in [1.29, 1.82) is 0 Å². The van der Waals surface area contributed by atoms with Crippen LogP contribution in [-0.2, 0) is 0 Å². The summed E-state index contributed by atoms with van der Waals surface area (Å²) in [5.74, 6) is 0.0308. The first-order valence-electron chi connectivity index (χ1n) is 7.21. The molecule has 1 saturated heterocycles. The molecule has 2 atom stereocenters. The van der Waals surface area contributed by atoms with Crippen LogP contribution in [0.25, 0.3) is 10.9 Å². The molecule has 2 unspecified atom stereocenters. The first-order valence-corrected chi connectivity index (χ1v) is 7.21. The quantitative estimate of drug-likeness (QED) is 0.799. The van der Waals surface area contributed by atoms with E-state index in [2.05, 4.69) is 23.8 Å². The molecule has 1 amide bonds. The lowest BCUT2D eigenvalue weighted by atomic mass is 9.96. The van der Waals surface area contributed by atoms with Crippen LogP contribution in [0.1, 0.15) is 43.6 Å². The normalized spacial score (nSPS) is 23.0. The highest BCUT2D eigenvalue weighted by Gasteiger charge is 2.31. The van der Waals surface area contributed by atoms with Gasteiger partial charge in [0.2, 0.25) is 0 Å². The lowest BCUT2D eigenvalue weighted by Gasteiger charge is -2.38. The molecule has 1 aliphatic rings. The second kappa shape index (κ2) is 5.19. The van der Waals surface area contributed by atoms with E-state index in [-0.39, 0.29) is 18.0 Å². The smallest absolute Gasteiger partial charge is 0.273 e. The van der Waals surface area contributed by atoms with Gasteiger partial charge in [-0.3, -0.25) is 4.79 Å². The molecule has 0 bridgehead atoms. The van der Waals surface area contributed by atoms with E-state index in [4.69, 9.17) is 0 Å². The number of rotatable bonds is 1. The van der Waals surface area contributed by atoms with Crippen LogP contribution in [0.15, 0.2) is 30.6 Å². The van der Waals surface area contributed by atoms with Crippen LogP contribution >= 0.6 is 0 Å². The predicted molar refractivity (Wildman–Crippen MR) is 78.5 cm³/mol. The van der Waals surface area contributed by atoms with E-state index >= 15 is 0 Å². The molecule has 1 aromatic carbocycles. The number of amides is 1. The minimum Gasteiger partial charge on any atom is -0.332 e. The number of fused-ring (bicyclic) bond motifs is 1. The SMILES string of the molecule is CC1CCCC(C)N1C(=O)c1ncnc2ccccc12. The summed E-state index contributed by atoms with van der Waals surface area (Å²) in [5.41, 5.74) is 1.35. The van der Waals surface area contributed by atoms with Crippen molar-refractivity contribution in [2.45, 2.75) is 45.2 Å². The Morgan fingerprint density at radius 2 is 1.85 bits per heavy atom. The number of aromatic nitrogens is 2. The molecule has 1 fully saturated rings. The average molecular weight is 269 g/mol. The van der Waals surface area contributed by atoms with Gasteiger partial charge in [-0.05, 0) is 39.2 Å². The molecular weight excluding hydrogens is 250 g/mol. The van der Waals surface area contributed by atoms with Gasteiger partial charge < -0.3 is 4.90 Å². The molecule has 2 heterocycles. The summed E-state index contributed by atoms with van der Waals surface area (Å²) >= 11 is 0. The maximum atomic E-state index is 12.9. The first kappa shape index (κ1) is 13.0. The summed E-state index contributed by atoms with van der Waals surface area (Å²) in [5, 5.41) is 0.838. The maximum absolute atomic E-state index is 12.9. The van der Waals surface area contributed by atoms with Gasteiger partial charge in [0.15, 0.2) is 0 Å². The zero-order valence-electron chi connectivity index (χ0n) is 11.9. The number of hydrogen-bond acceptors (Lipinski definition) is 3. The van der Waals surface area contributed by atoms with Crippen molar-refractivity contribution in [3.8, 4) is 0 Å². The Bertz CT molecular complexity index is 625. The summed E-state index contributed by atoms with van der Waals surface area (Å²) in [6.07, 6.45) is 4.81. The zero-order valence-corrected chi connectivity index (χ0v) is 11.9. The van der Waals surface area contributed by atoms with E-state index in [1.807, 2.05) is 29.2 Å². The monoisotopic (exact) mass is 269 g/mol. The number of likely N-dealkylation sites (tertiary alicyclic amines) is 1. The largest absolute Gasteiger partial charge is 0.332 e. The lowest BCUT2D eigenvalue weighted by molar-refractivity contribution is 0.0507. The van der Waals surface area contributed by atoms with E-state index in [1.54, 1.807) is 0 Å². The van der Waals surface area contributed by atoms with Crippen molar-refractivity contribution >= 4 is 16.8 Å². The predicted octanol–water partition coefficient (Wildman–Crippen LogP) is 3.03. The average Bonchev–Trinajstić information content (AvgIpc) is 2.46. The molecule has 1 aromatic heterocycles. The lowest BCUT2D eigenvalue weighted by Crippen LogP contribution is -2.47. The van der Waals surface area contributed by atoms with Crippen molar-refractivity contribution in [1.82, 2.24) is 14.9 Å². The minimum absolute atomic E-state index is 0.0308. The maximum Gasteiger partial charge on any atom is 0.273 e. The van der Waals surface area contributed by atoms with Crippen molar-refractivity contribution in [3.05, 3.63) is 36.3 Å². The van der Waals surface area contributed by atoms with Crippen molar-refractivity contribution in [2.75, 3.05) is 0 Å². The van der Waals surface area contributed by atoms with Gasteiger partial charge >= 0.3 is 0 Å². The van der Waals surface area contributed by atoms with Gasteiger partial charge in [-0.1, -0.05) is 18.2 Å². The van der Waals surface area contributed by atoms with Gasteiger partial charge in [0.1, 0.15) is 12.0 Å². The third kappa shape index (κ3) is 2.15. The first-order chi connectivity index (χ1) is 9.68. The van der Waals surface area contributed by atoms with E-state index in [0.29, 0.717) is 5.69 Å². The Morgan fingerprint density at radius 3 is 2.60 bits per heavy atom. The second-order valence-corrected chi connectivity index (χ2v) is 5.58. The third-order valence-corrected chi connectivity index (χ3v) is 4.17. The number of carbonyl (C=O) groups is 1. The molecule has 4 nitrogen and oxygen atoms in total. The molecular formula is C16H19N3O. The Balaban J connectivity index is 2.04. The van der Waals surface area contributed by atoms with E-state index in [9.17, 15) is 4.79 Å². The molecule has 3 rings (SSSR count). The highest BCUT2D eigenvalue weighted by atomic mass is 16.2. The Labute approximate surface area is 118 Å². The van der Waals surface area contributed by atoms with Crippen molar-refractivity contribution < 1.29 is 4.79 Å². The highest BCUT2D eigenvalue weighted by molar-refractivity contribution is 6.04. The summed E-state index contributed by atoms with van der Waals surface area (Å²) in [6, 6.07) is 8.24. The van der Waals surface area contributed by atoms with Gasteiger partial charge in [-0.2, -0.15) is 0 Å². The number of piperidine rings is 1. The van der Waals surface area contributed by atoms with Gasteiger partial charge in [-0.25, -0.2) is 9.97 Å². The fourth-order valence-electron chi connectivity index (χ4n) is 3.12. The number of nitrogens with zero attached hydrogens (tertiary/aromatic N) is 3. The summed E-state index contributed by atoms with van der Waals surface area (Å²) in [6.45, 7) is 4.24. The van der Waals surface area contributed by atoms with Crippen LogP contribution in [0.5, 0.6) is 0 Å². The molecule has 0 N–H and O–H groups in total. The molecule has 0 saturated carbocycles.